The van der Waals surface area contributed by atoms with Gasteiger partial charge in [0.15, 0.2) is 0 Å². The van der Waals surface area contributed by atoms with Gasteiger partial charge in [-0.25, -0.2) is 0 Å². The average molecular weight is 407 g/mol. The third kappa shape index (κ3) is 7.30. The maximum atomic E-state index is 9.65. The van der Waals surface area contributed by atoms with Crippen LogP contribution < -0.4 is 40.8 Å². The Labute approximate surface area is 168 Å². The molecule has 2 aromatic rings. The lowest BCUT2D eigenvalue weighted by molar-refractivity contribution is -0.917. The van der Waals surface area contributed by atoms with E-state index in [-0.39, 0.29) is 0 Å². The third-order valence-corrected chi connectivity index (χ3v) is 3.61. The van der Waals surface area contributed by atoms with E-state index in [0.29, 0.717) is 22.5 Å². The van der Waals surface area contributed by atoms with Gasteiger partial charge < -0.3 is 15.9 Å². The molecule has 0 heterocycles. The molecule has 1 atom stereocenters. The van der Waals surface area contributed by atoms with E-state index < -0.39 is 28.2 Å². The van der Waals surface area contributed by atoms with Crippen LogP contribution in [0.15, 0.2) is 60.7 Å². The summed E-state index contributed by atoms with van der Waals surface area (Å²) in [5, 5.41) is 15.9. The smallest absolute Gasteiger partial charge is 0.322 e. The zero-order chi connectivity index (χ0) is 22.2. The topological polar surface area (TPSA) is 240 Å². The quantitative estimate of drug-likeness (QED) is 0.108. The van der Waals surface area contributed by atoms with Gasteiger partial charge in [-0.2, -0.15) is 0 Å². The predicted molar refractivity (Wildman–Crippen MR) is 108 cm³/mol. The number of aliphatic hydroxyl groups is 1. The van der Waals surface area contributed by atoms with E-state index in [1.807, 2.05) is 36.4 Å². The molecule has 0 spiro atoms. The summed E-state index contributed by atoms with van der Waals surface area (Å²) in [6.07, 6.45) is 0. The van der Waals surface area contributed by atoms with Gasteiger partial charge in [0.1, 0.15) is 6.04 Å². The van der Waals surface area contributed by atoms with Crippen molar-refractivity contribution in [3.8, 4) is 0 Å². The van der Waals surface area contributed by atoms with E-state index in [4.69, 9.17) is 51.0 Å². The SMILES string of the molecule is N[C@@H](CO)C(=O)O.N[N+](N)(N)C(=C(c1ccccc1)[N+](N)(N)N)c1ccccc1. The highest BCUT2D eigenvalue weighted by molar-refractivity contribution is 5.83. The number of carboxylic acid groups (broad SMARTS) is 1. The maximum absolute atomic E-state index is 9.65. The molecule has 0 aliphatic heterocycles. The molecule has 0 bridgehead atoms. The number of aliphatic hydroxyl groups excluding tert-OH is 1. The number of rotatable bonds is 6. The minimum absolute atomic E-state index is 0.305. The molecule has 0 fully saturated rings. The first-order chi connectivity index (χ1) is 13.4. The molecule has 0 unspecified atom stereocenters. The summed E-state index contributed by atoms with van der Waals surface area (Å²) in [6.45, 7) is -0.505. The van der Waals surface area contributed by atoms with Crippen LogP contribution in [0.5, 0.6) is 0 Å². The van der Waals surface area contributed by atoms with E-state index in [0.717, 1.165) is 0 Å². The Bertz CT molecular complexity index is 756. The largest absolute Gasteiger partial charge is 0.480 e. The first kappa shape index (κ1) is 24.3. The number of quaternary nitrogens is 2. The first-order valence-corrected chi connectivity index (χ1v) is 8.34. The fourth-order valence-corrected chi connectivity index (χ4v) is 2.36. The predicted octanol–water partition coefficient (Wildman–Crippen LogP) is -2.22. The minimum atomic E-state index is -1.18. The first-order valence-electron chi connectivity index (χ1n) is 8.34. The van der Waals surface area contributed by atoms with Crippen molar-refractivity contribution in [3.63, 3.8) is 0 Å². The second-order valence-corrected chi connectivity index (χ2v) is 6.23. The Morgan fingerprint density at radius 3 is 1.24 bits per heavy atom. The van der Waals surface area contributed by atoms with Crippen LogP contribution in [0, 0.1) is 0 Å². The zero-order valence-electron chi connectivity index (χ0n) is 15.8. The van der Waals surface area contributed by atoms with Gasteiger partial charge in [-0.05, 0) is 24.3 Å². The number of carbonyl (C=O) groups is 1. The molecule has 0 aromatic heterocycles. The van der Waals surface area contributed by atoms with Crippen molar-refractivity contribution in [1.82, 2.24) is 0 Å². The fraction of sp³-hybridized carbons (Fsp3) is 0.118. The Balaban J connectivity index is 0.000000516. The van der Waals surface area contributed by atoms with Crippen LogP contribution in [-0.4, -0.2) is 38.5 Å². The van der Waals surface area contributed by atoms with Gasteiger partial charge in [0.05, 0.1) is 6.61 Å². The number of hydrogen-bond donors (Lipinski definition) is 9. The van der Waals surface area contributed by atoms with E-state index in [2.05, 4.69) is 0 Å². The van der Waals surface area contributed by atoms with Gasteiger partial charge in [0.2, 0.25) is 0 Å². The molecule has 0 aliphatic rings. The Morgan fingerprint density at radius 2 is 1.07 bits per heavy atom. The summed E-state index contributed by atoms with van der Waals surface area (Å²) in [4.78, 5) is 7.73. The molecule has 2 rings (SSSR count). The summed E-state index contributed by atoms with van der Waals surface area (Å²) in [7, 11) is 0. The van der Waals surface area contributed by atoms with Gasteiger partial charge in [0, 0.05) is 11.1 Å². The summed E-state index contributed by atoms with van der Waals surface area (Å²) in [6, 6.07) is 17.1. The lowest BCUT2D eigenvalue weighted by Gasteiger charge is -2.28. The monoisotopic (exact) mass is 407 g/mol. The third-order valence-electron chi connectivity index (χ3n) is 3.61. The van der Waals surface area contributed by atoms with Crippen molar-refractivity contribution in [2.75, 3.05) is 6.61 Å². The Hall–Kier alpha value is -2.75. The average Bonchev–Trinajstić information content (AvgIpc) is 2.65. The fourth-order valence-electron chi connectivity index (χ4n) is 2.36. The van der Waals surface area contributed by atoms with E-state index in [9.17, 15) is 4.79 Å². The number of aliphatic carboxylic acids is 1. The molecule has 0 amide bonds. The zero-order valence-corrected chi connectivity index (χ0v) is 15.8. The molecule has 158 valence electrons. The second kappa shape index (κ2) is 10.1. The van der Waals surface area contributed by atoms with Gasteiger partial charge in [0.25, 0.3) is 11.4 Å². The van der Waals surface area contributed by atoms with Crippen LogP contribution >= 0.6 is 0 Å². The van der Waals surface area contributed by atoms with Crippen molar-refractivity contribution in [2.45, 2.75) is 6.04 Å². The molecule has 29 heavy (non-hydrogen) atoms. The van der Waals surface area contributed by atoms with Gasteiger partial charge in [-0.1, -0.05) is 46.0 Å². The Kier molecular flexibility index (Phi) is 8.50. The van der Waals surface area contributed by atoms with Crippen molar-refractivity contribution in [2.24, 2.45) is 40.8 Å². The van der Waals surface area contributed by atoms with Crippen LogP contribution in [0.25, 0.3) is 11.4 Å². The second-order valence-electron chi connectivity index (χ2n) is 6.23. The van der Waals surface area contributed by atoms with Crippen molar-refractivity contribution >= 4 is 17.4 Å². The number of benzene rings is 2. The molecule has 0 saturated heterocycles. The number of carboxylic acids is 1. The van der Waals surface area contributed by atoms with Crippen molar-refractivity contribution in [3.05, 3.63) is 71.8 Å². The van der Waals surface area contributed by atoms with Gasteiger partial charge in [-0.3, -0.25) is 4.79 Å². The van der Waals surface area contributed by atoms with Gasteiger partial charge >= 0.3 is 5.97 Å². The molecular formula is C17H29N9O3+2. The van der Waals surface area contributed by atoms with Crippen molar-refractivity contribution < 1.29 is 24.6 Å². The Morgan fingerprint density at radius 1 is 0.759 bits per heavy atom. The molecule has 12 heteroatoms. The lowest BCUT2D eigenvalue weighted by Crippen LogP contribution is -2.69. The molecule has 12 nitrogen and oxygen atoms in total. The maximum Gasteiger partial charge on any atom is 0.322 e. The van der Waals surface area contributed by atoms with Crippen molar-refractivity contribution in [1.29, 1.82) is 0 Å². The molecule has 0 aliphatic carbocycles. The van der Waals surface area contributed by atoms with E-state index in [1.54, 1.807) is 24.3 Å². The molecule has 0 radical (unpaired) electrons. The summed E-state index contributed by atoms with van der Waals surface area (Å²) >= 11 is 0. The van der Waals surface area contributed by atoms with Crippen LogP contribution in [0.4, 0.5) is 0 Å². The van der Waals surface area contributed by atoms with Crippen LogP contribution in [0.3, 0.4) is 0 Å². The van der Waals surface area contributed by atoms with E-state index >= 15 is 0 Å². The molecule has 16 N–H and O–H groups in total. The standard InChI is InChI=1S/C14H22N8.C3H7NO3/c15-21(16,17)13(11-7-3-1-4-8-11)14(22(18,19)20)12-9-5-2-6-10-12;4-2(1-5)3(6)7/h1-10H,15-20H2;2,5H,1,4H2,(H,6,7)/q+2;/t;2-/m.0/s1. The van der Waals surface area contributed by atoms with Gasteiger partial charge in [-0.15, -0.1) is 35.1 Å². The highest BCUT2D eigenvalue weighted by Crippen LogP contribution is 2.30. The number of hydrogen-bond acceptors (Lipinski definition) is 9. The number of nitrogens with zero attached hydrogens (tertiary/aromatic N) is 2. The molecule has 2 aromatic carbocycles. The summed E-state index contributed by atoms with van der Waals surface area (Å²) < 4.78 is 0. The highest BCUT2D eigenvalue weighted by Gasteiger charge is 2.38. The van der Waals surface area contributed by atoms with Crippen LogP contribution in [0.1, 0.15) is 11.1 Å². The highest BCUT2D eigenvalue weighted by atomic mass is 16.4. The minimum Gasteiger partial charge on any atom is -0.480 e. The van der Waals surface area contributed by atoms with Crippen LogP contribution in [0.2, 0.25) is 0 Å². The van der Waals surface area contributed by atoms with Crippen LogP contribution in [-0.2, 0) is 4.79 Å². The lowest BCUT2D eigenvalue weighted by atomic mass is 10.0. The normalized spacial score (nSPS) is 13.7. The van der Waals surface area contributed by atoms with E-state index in [1.165, 1.54) is 0 Å². The molecular weight excluding hydrogens is 378 g/mol. The molecule has 0 saturated carbocycles. The summed E-state index contributed by atoms with van der Waals surface area (Å²) in [5.41, 5.74) is 6.71. The number of nitrogens with two attached hydrogens (primary N) is 7. The summed E-state index contributed by atoms with van der Waals surface area (Å²) in [5.74, 6) is 34.3.